The Morgan fingerprint density at radius 1 is 0.593 bits per heavy atom. The summed E-state index contributed by atoms with van der Waals surface area (Å²) in [6.45, 7) is 2.27. The molecule has 1 rings (SSSR count). The lowest BCUT2D eigenvalue weighted by Gasteiger charge is -2.03. The minimum absolute atomic E-state index is 0.240. The van der Waals surface area contributed by atoms with Gasteiger partial charge in [0.1, 0.15) is 0 Å². The highest BCUT2D eigenvalue weighted by Gasteiger charge is 2.14. The van der Waals surface area contributed by atoms with Gasteiger partial charge in [-0.25, -0.2) is 0 Å². The van der Waals surface area contributed by atoms with Gasteiger partial charge in [0.25, 0.3) is 0 Å². The molecule has 1 aromatic carbocycles. The van der Waals surface area contributed by atoms with Gasteiger partial charge in [-0.2, -0.15) is 0 Å². The quantitative estimate of drug-likeness (QED) is 0.150. The summed E-state index contributed by atoms with van der Waals surface area (Å²) in [6.07, 6.45) is 20.0. The van der Waals surface area contributed by atoms with Crippen LogP contribution in [0.25, 0.3) is 0 Å². The Kier molecular flexibility index (Phi) is 14.6. The molecule has 2 heteroatoms. The predicted octanol–water partition coefficient (Wildman–Crippen LogP) is 7.70. The highest BCUT2D eigenvalue weighted by atomic mass is 16.2. The molecule has 27 heavy (non-hydrogen) atoms. The zero-order valence-corrected chi connectivity index (χ0v) is 17.5. The third-order valence-electron chi connectivity index (χ3n) is 5.30. The second-order valence-electron chi connectivity index (χ2n) is 7.82. The molecule has 152 valence electrons. The fraction of sp³-hybridized carbons (Fsp3) is 0.680. The largest absolute Gasteiger partial charge is 0.290 e. The highest BCUT2D eigenvalue weighted by molar-refractivity contribution is 6.43. The molecule has 0 radical (unpaired) electrons. The van der Waals surface area contributed by atoms with Crippen molar-refractivity contribution in [3.05, 3.63) is 35.9 Å². The smallest absolute Gasteiger partial charge is 0.228 e. The van der Waals surface area contributed by atoms with E-state index in [2.05, 4.69) is 6.92 Å². The Balaban J connectivity index is 1.85. The Hall–Kier alpha value is -1.44. The summed E-state index contributed by atoms with van der Waals surface area (Å²) >= 11 is 0. The van der Waals surface area contributed by atoms with Crippen molar-refractivity contribution >= 4 is 11.6 Å². The van der Waals surface area contributed by atoms with Crippen LogP contribution in [0.5, 0.6) is 0 Å². The van der Waals surface area contributed by atoms with Crippen LogP contribution in [0.15, 0.2) is 30.3 Å². The third kappa shape index (κ3) is 12.5. The Morgan fingerprint density at radius 2 is 1.00 bits per heavy atom. The molecule has 0 bridgehead atoms. The van der Waals surface area contributed by atoms with Gasteiger partial charge in [0, 0.05) is 12.0 Å². The van der Waals surface area contributed by atoms with E-state index < -0.39 is 0 Å². The number of unbranched alkanes of at least 4 members (excludes halogenated alkanes) is 14. The number of Topliss-reactive ketones (excluding diaryl/α,β-unsaturated/α-hetero) is 2. The van der Waals surface area contributed by atoms with E-state index in [1.54, 1.807) is 24.3 Å². The second kappa shape index (κ2) is 16.7. The number of ketones is 2. The first-order chi connectivity index (χ1) is 13.3. The zero-order valence-electron chi connectivity index (χ0n) is 17.5. The Bertz CT molecular complexity index is 492. The minimum Gasteiger partial charge on any atom is -0.290 e. The summed E-state index contributed by atoms with van der Waals surface area (Å²) < 4.78 is 0. The number of carbonyl (C=O) groups is 2. The predicted molar refractivity (Wildman–Crippen MR) is 115 cm³/mol. The molecule has 0 aliphatic carbocycles. The summed E-state index contributed by atoms with van der Waals surface area (Å²) in [4.78, 5) is 23.9. The molecule has 0 amide bonds. The van der Waals surface area contributed by atoms with Crippen molar-refractivity contribution < 1.29 is 9.59 Å². The van der Waals surface area contributed by atoms with Gasteiger partial charge in [0.2, 0.25) is 11.6 Å². The molecule has 0 saturated heterocycles. The number of rotatable bonds is 18. The van der Waals surface area contributed by atoms with E-state index in [1.165, 1.54) is 83.5 Å². The molecule has 0 aliphatic rings. The number of carbonyl (C=O) groups excluding carboxylic acids is 2. The van der Waals surface area contributed by atoms with Gasteiger partial charge in [-0.1, -0.05) is 127 Å². The van der Waals surface area contributed by atoms with Crippen LogP contribution in [0.3, 0.4) is 0 Å². The van der Waals surface area contributed by atoms with E-state index in [1.807, 2.05) is 6.07 Å². The van der Waals surface area contributed by atoms with Gasteiger partial charge >= 0.3 is 0 Å². The Morgan fingerprint density at radius 3 is 1.44 bits per heavy atom. The van der Waals surface area contributed by atoms with Crippen LogP contribution in [0.2, 0.25) is 0 Å². The minimum atomic E-state index is -0.332. The maximum Gasteiger partial charge on any atom is 0.228 e. The fourth-order valence-corrected chi connectivity index (χ4v) is 3.52. The van der Waals surface area contributed by atoms with Crippen LogP contribution in [0.1, 0.15) is 120 Å². The monoisotopic (exact) mass is 372 g/mol. The van der Waals surface area contributed by atoms with E-state index in [0.29, 0.717) is 12.0 Å². The van der Waals surface area contributed by atoms with E-state index in [4.69, 9.17) is 0 Å². The van der Waals surface area contributed by atoms with Crippen LogP contribution in [0, 0.1) is 0 Å². The summed E-state index contributed by atoms with van der Waals surface area (Å²) in [6, 6.07) is 8.89. The number of benzene rings is 1. The first-order valence-corrected chi connectivity index (χ1v) is 11.4. The van der Waals surface area contributed by atoms with Crippen LogP contribution in [-0.2, 0) is 4.79 Å². The number of hydrogen-bond donors (Lipinski definition) is 0. The van der Waals surface area contributed by atoms with E-state index in [-0.39, 0.29) is 11.6 Å². The average Bonchev–Trinajstić information content (AvgIpc) is 2.70. The highest BCUT2D eigenvalue weighted by Crippen LogP contribution is 2.14. The van der Waals surface area contributed by atoms with Crippen LogP contribution in [0.4, 0.5) is 0 Å². The summed E-state index contributed by atoms with van der Waals surface area (Å²) in [5.41, 5.74) is 0.517. The fourth-order valence-electron chi connectivity index (χ4n) is 3.52. The first kappa shape index (κ1) is 23.6. The van der Waals surface area contributed by atoms with Crippen LogP contribution in [-0.4, -0.2) is 11.6 Å². The normalized spacial score (nSPS) is 10.9. The standard InChI is InChI=1S/C25H40O2/c1-2-3-4-5-6-7-8-9-10-11-12-13-14-15-19-22-24(26)25(27)23-20-17-16-18-21-23/h16-18,20-21H,2-15,19,22H2,1H3. The third-order valence-corrected chi connectivity index (χ3v) is 5.30. The zero-order chi connectivity index (χ0) is 19.6. The molecule has 0 heterocycles. The molecule has 0 spiro atoms. The summed E-state index contributed by atoms with van der Waals surface area (Å²) in [7, 11) is 0. The molecule has 1 aromatic rings. The average molecular weight is 373 g/mol. The van der Waals surface area contributed by atoms with Gasteiger partial charge < -0.3 is 0 Å². The molecular weight excluding hydrogens is 332 g/mol. The van der Waals surface area contributed by atoms with Gasteiger partial charge in [-0.3, -0.25) is 9.59 Å². The maximum atomic E-state index is 12.0. The number of hydrogen-bond acceptors (Lipinski definition) is 2. The molecule has 2 nitrogen and oxygen atoms in total. The lowest BCUT2D eigenvalue weighted by Crippen LogP contribution is -2.13. The van der Waals surface area contributed by atoms with Crippen LogP contribution < -0.4 is 0 Å². The van der Waals surface area contributed by atoms with Gasteiger partial charge in [-0.15, -0.1) is 0 Å². The van der Waals surface area contributed by atoms with Crippen molar-refractivity contribution in [1.82, 2.24) is 0 Å². The SMILES string of the molecule is CCCCCCCCCCCCCCCCCC(=O)C(=O)c1ccccc1. The lowest BCUT2D eigenvalue weighted by molar-refractivity contribution is -0.115. The topological polar surface area (TPSA) is 34.1 Å². The first-order valence-electron chi connectivity index (χ1n) is 11.4. The Labute approximate surface area is 167 Å². The molecule has 0 N–H and O–H groups in total. The molecule has 0 saturated carbocycles. The van der Waals surface area contributed by atoms with Gasteiger partial charge in [0.05, 0.1) is 0 Å². The molecule has 0 atom stereocenters. The van der Waals surface area contributed by atoms with E-state index >= 15 is 0 Å². The van der Waals surface area contributed by atoms with E-state index in [9.17, 15) is 9.59 Å². The van der Waals surface area contributed by atoms with E-state index in [0.717, 1.165) is 12.8 Å². The van der Waals surface area contributed by atoms with Gasteiger partial charge in [-0.05, 0) is 6.42 Å². The van der Waals surface area contributed by atoms with Crippen LogP contribution >= 0.6 is 0 Å². The molecular formula is C25H40O2. The molecule has 0 aromatic heterocycles. The van der Waals surface area contributed by atoms with Crippen molar-refractivity contribution in [3.8, 4) is 0 Å². The van der Waals surface area contributed by atoms with Crippen molar-refractivity contribution in [2.75, 3.05) is 0 Å². The van der Waals surface area contributed by atoms with Crippen molar-refractivity contribution in [2.45, 2.75) is 110 Å². The van der Waals surface area contributed by atoms with Crippen molar-refractivity contribution in [1.29, 1.82) is 0 Å². The lowest BCUT2D eigenvalue weighted by atomic mass is 10.0. The summed E-state index contributed by atoms with van der Waals surface area (Å²) in [5.74, 6) is -0.572. The maximum absolute atomic E-state index is 12.0. The van der Waals surface area contributed by atoms with Crippen molar-refractivity contribution in [2.24, 2.45) is 0 Å². The molecule has 0 fully saturated rings. The summed E-state index contributed by atoms with van der Waals surface area (Å²) in [5, 5.41) is 0. The second-order valence-corrected chi connectivity index (χ2v) is 7.82. The molecule has 0 aliphatic heterocycles. The molecule has 0 unspecified atom stereocenters. The van der Waals surface area contributed by atoms with Gasteiger partial charge in [0.15, 0.2) is 0 Å². The van der Waals surface area contributed by atoms with Crippen molar-refractivity contribution in [3.63, 3.8) is 0 Å².